The second kappa shape index (κ2) is 3.47. The first kappa shape index (κ1) is 9.29. The van der Waals surface area contributed by atoms with Gasteiger partial charge in [0.15, 0.2) is 0 Å². The summed E-state index contributed by atoms with van der Waals surface area (Å²) in [4.78, 5) is 1.05. The Hall–Kier alpha value is -0.275. The average Bonchev–Trinajstić information content (AvgIpc) is 2.54. The predicted molar refractivity (Wildman–Crippen MR) is 56.7 cm³/mol. The van der Waals surface area contributed by atoms with Crippen molar-refractivity contribution in [2.75, 3.05) is 0 Å². The van der Waals surface area contributed by atoms with Crippen LogP contribution in [0.15, 0.2) is 12.1 Å². The molecule has 13 heavy (non-hydrogen) atoms. The van der Waals surface area contributed by atoms with E-state index in [1.165, 1.54) is 17.8 Å². The normalized spacial score (nSPS) is 21.6. The van der Waals surface area contributed by atoms with Crippen LogP contribution in [0.1, 0.15) is 37.0 Å². The first-order valence-electron chi connectivity index (χ1n) is 4.79. The maximum absolute atomic E-state index is 10.3. The molecule has 0 spiro atoms. The van der Waals surface area contributed by atoms with Crippen molar-refractivity contribution in [1.82, 2.24) is 0 Å². The fraction of sp³-hybridized carbons (Fsp3) is 0.600. The van der Waals surface area contributed by atoms with Crippen LogP contribution in [-0.2, 0) is 5.60 Å². The molecule has 1 aliphatic rings. The lowest BCUT2D eigenvalue weighted by atomic mass is 9.84. The standard InChI is InChI=1S/C10H13BOS/c11-9-5-4-8(13-9)10(12)6-2-1-3-7-10/h4-5,12H,1-3,6-7H2. The van der Waals surface area contributed by atoms with Crippen molar-refractivity contribution in [2.24, 2.45) is 0 Å². The highest BCUT2D eigenvalue weighted by Gasteiger charge is 2.31. The Morgan fingerprint density at radius 1 is 1.23 bits per heavy atom. The van der Waals surface area contributed by atoms with Crippen molar-refractivity contribution in [3.63, 3.8) is 0 Å². The molecule has 2 radical (unpaired) electrons. The zero-order valence-electron chi connectivity index (χ0n) is 7.62. The minimum absolute atomic E-state index is 0.569. The Morgan fingerprint density at radius 2 is 1.92 bits per heavy atom. The Kier molecular flexibility index (Phi) is 2.48. The van der Waals surface area contributed by atoms with E-state index in [1.807, 2.05) is 12.1 Å². The van der Waals surface area contributed by atoms with Gasteiger partial charge in [-0.3, -0.25) is 0 Å². The molecule has 0 unspecified atom stereocenters. The van der Waals surface area contributed by atoms with E-state index in [9.17, 15) is 5.11 Å². The highest BCUT2D eigenvalue weighted by atomic mass is 32.1. The van der Waals surface area contributed by atoms with Gasteiger partial charge in [-0.25, -0.2) is 0 Å². The van der Waals surface area contributed by atoms with Gasteiger partial charge < -0.3 is 5.11 Å². The molecule has 0 aromatic carbocycles. The van der Waals surface area contributed by atoms with E-state index in [4.69, 9.17) is 7.85 Å². The number of aliphatic hydroxyl groups is 1. The Bertz CT molecular complexity index is 289. The van der Waals surface area contributed by atoms with Crippen LogP contribution in [-0.4, -0.2) is 13.0 Å². The summed E-state index contributed by atoms with van der Waals surface area (Å²) in [6.45, 7) is 0. The van der Waals surface area contributed by atoms with Gasteiger partial charge in [0.1, 0.15) is 7.85 Å². The van der Waals surface area contributed by atoms with Crippen LogP contribution in [0, 0.1) is 0 Å². The van der Waals surface area contributed by atoms with Gasteiger partial charge in [0.25, 0.3) is 0 Å². The molecule has 68 valence electrons. The smallest absolute Gasteiger partial charge is 0.128 e. The summed E-state index contributed by atoms with van der Waals surface area (Å²) in [5.41, 5.74) is -0.569. The SMILES string of the molecule is [B]c1ccc(C2(O)CCCCC2)s1. The van der Waals surface area contributed by atoms with E-state index in [0.29, 0.717) is 0 Å². The minimum Gasteiger partial charge on any atom is -0.384 e. The molecule has 0 bridgehead atoms. The highest BCUT2D eigenvalue weighted by Crippen LogP contribution is 2.38. The Labute approximate surface area is 84.2 Å². The maximum Gasteiger partial charge on any atom is 0.128 e. The van der Waals surface area contributed by atoms with Gasteiger partial charge in [0, 0.05) is 4.88 Å². The molecule has 1 aromatic heterocycles. The highest BCUT2D eigenvalue weighted by molar-refractivity contribution is 7.20. The average molecular weight is 192 g/mol. The fourth-order valence-electron chi connectivity index (χ4n) is 1.99. The molecule has 0 atom stereocenters. The first-order chi connectivity index (χ1) is 6.21. The number of hydrogen-bond donors (Lipinski definition) is 1. The van der Waals surface area contributed by atoms with Crippen LogP contribution >= 0.6 is 11.3 Å². The molecule has 1 aliphatic carbocycles. The van der Waals surface area contributed by atoms with Crippen LogP contribution in [0.3, 0.4) is 0 Å². The third-order valence-corrected chi connectivity index (χ3v) is 3.87. The summed E-state index contributed by atoms with van der Waals surface area (Å²) >= 11 is 1.52. The first-order valence-corrected chi connectivity index (χ1v) is 5.60. The monoisotopic (exact) mass is 192 g/mol. The van der Waals surface area contributed by atoms with Crippen molar-refractivity contribution in [2.45, 2.75) is 37.7 Å². The number of hydrogen-bond acceptors (Lipinski definition) is 2. The van der Waals surface area contributed by atoms with Gasteiger partial charge in [-0.05, 0) is 23.7 Å². The van der Waals surface area contributed by atoms with Crippen molar-refractivity contribution in [1.29, 1.82) is 0 Å². The van der Waals surface area contributed by atoms with Crippen LogP contribution in [0.2, 0.25) is 0 Å². The van der Waals surface area contributed by atoms with E-state index in [0.717, 1.165) is 35.3 Å². The topological polar surface area (TPSA) is 20.2 Å². The molecule has 3 heteroatoms. The van der Waals surface area contributed by atoms with Crippen LogP contribution in [0.25, 0.3) is 0 Å². The van der Waals surface area contributed by atoms with Gasteiger partial charge in [0.2, 0.25) is 0 Å². The van der Waals surface area contributed by atoms with Crippen molar-refractivity contribution in [3.05, 3.63) is 17.0 Å². The summed E-state index contributed by atoms with van der Waals surface area (Å²) in [5, 5.41) is 10.3. The third kappa shape index (κ3) is 1.81. The van der Waals surface area contributed by atoms with E-state index in [1.54, 1.807) is 0 Å². The van der Waals surface area contributed by atoms with Gasteiger partial charge in [-0.15, -0.1) is 0 Å². The van der Waals surface area contributed by atoms with Gasteiger partial charge in [0.05, 0.1) is 5.60 Å². The minimum atomic E-state index is -0.569. The van der Waals surface area contributed by atoms with E-state index in [-0.39, 0.29) is 0 Å². The van der Waals surface area contributed by atoms with Crippen LogP contribution in [0.4, 0.5) is 0 Å². The molecule has 1 N–H and O–H groups in total. The predicted octanol–water partition coefficient (Wildman–Crippen LogP) is 1.69. The van der Waals surface area contributed by atoms with Crippen LogP contribution in [0.5, 0.6) is 0 Å². The molecular weight excluding hydrogens is 179 g/mol. The molecule has 1 heterocycles. The maximum atomic E-state index is 10.3. The second-order valence-corrected chi connectivity index (χ2v) is 4.91. The largest absolute Gasteiger partial charge is 0.384 e. The fourth-order valence-corrected chi connectivity index (χ4v) is 2.91. The number of rotatable bonds is 1. The molecule has 1 aromatic rings. The Morgan fingerprint density at radius 3 is 2.46 bits per heavy atom. The van der Waals surface area contributed by atoms with E-state index < -0.39 is 5.60 Å². The van der Waals surface area contributed by atoms with Gasteiger partial charge in [-0.1, -0.05) is 25.3 Å². The van der Waals surface area contributed by atoms with Gasteiger partial charge in [-0.2, -0.15) is 11.3 Å². The quantitative estimate of drug-likeness (QED) is 0.671. The zero-order valence-corrected chi connectivity index (χ0v) is 8.44. The molecule has 0 amide bonds. The van der Waals surface area contributed by atoms with E-state index in [2.05, 4.69) is 0 Å². The molecular formula is C10H13BOS. The Balaban J connectivity index is 2.22. The van der Waals surface area contributed by atoms with Gasteiger partial charge >= 0.3 is 0 Å². The molecule has 0 saturated heterocycles. The van der Waals surface area contributed by atoms with Crippen LogP contribution < -0.4 is 4.78 Å². The van der Waals surface area contributed by atoms with Crippen molar-refractivity contribution < 1.29 is 5.11 Å². The molecule has 2 rings (SSSR count). The summed E-state index contributed by atoms with van der Waals surface area (Å²) in [6, 6.07) is 3.85. The summed E-state index contributed by atoms with van der Waals surface area (Å²) in [5.74, 6) is 0. The molecule has 0 aliphatic heterocycles. The zero-order chi connectivity index (χ0) is 9.31. The van der Waals surface area contributed by atoms with Crippen molar-refractivity contribution in [3.8, 4) is 0 Å². The number of thiophene rings is 1. The lowest BCUT2D eigenvalue weighted by molar-refractivity contribution is 0.00284. The molecule has 1 fully saturated rings. The lowest BCUT2D eigenvalue weighted by Crippen LogP contribution is -2.27. The summed E-state index contributed by atoms with van der Waals surface area (Å²) < 4.78 is 0.800. The van der Waals surface area contributed by atoms with E-state index >= 15 is 0 Å². The molecule has 1 nitrogen and oxygen atoms in total. The summed E-state index contributed by atoms with van der Waals surface area (Å²) in [6.07, 6.45) is 5.31. The molecule has 1 saturated carbocycles. The second-order valence-electron chi connectivity index (χ2n) is 3.79. The lowest BCUT2D eigenvalue weighted by Gasteiger charge is -2.31. The third-order valence-electron chi connectivity index (χ3n) is 2.77. The van der Waals surface area contributed by atoms with Crippen molar-refractivity contribution >= 4 is 24.0 Å². The summed E-state index contributed by atoms with van der Waals surface area (Å²) in [7, 11) is 5.65.